The van der Waals surface area contributed by atoms with Crippen molar-refractivity contribution in [1.29, 1.82) is 0 Å². The van der Waals surface area contributed by atoms with E-state index in [0.29, 0.717) is 11.5 Å². The Hall–Kier alpha value is -0.500. The molecule has 0 aromatic carbocycles. The summed E-state index contributed by atoms with van der Waals surface area (Å²) in [6.07, 6.45) is 5.50. The van der Waals surface area contributed by atoms with Crippen LogP contribution in [0, 0.1) is 5.41 Å². The van der Waals surface area contributed by atoms with Crippen LogP contribution < -0.4 is 5.32 Å². The van der Waals surface area contributed by atoms with E-state index in [1.165, 1.54) is 18.4 Å². The van der Waals surface area contributed by atoms with E-state index >= 15 is 0 Å². The first-order chi connectivity index (χ1) is 7.03. The van der Waals surface area contributed by atoms with E-state index in [1.807, 2.05) is 6.26 Å². The molecule has 1 rings (SSSR count). The van der Waals surface area contributed by atoms with Gasteiger partial charge in [0, 0.05) is 6.04 Å². The summed E-state index contributed by atoms with van der Waals surface area (Å²) in [5.41, 5.74) is 1.81. The Morgan fingerprint density at radius 3 is 2.67 bits per heavy atom. The molecule has 0 fully saturated rings. The van der Waals surface area contributed by atoms with E-state index in [0.717, 1.165) is 19.6 Å². The highest BCUT2D eigenvalue weighted by Gasteiger charge is 2.22. The smallest absolute Gasteiger partial charge is 0.0876 e. The van der Waals surface area contributed by atoms with Crippen molar-refractivity contribution >= 4 is 0 Å². The maximum Gasteiger partial charge on any atom is 0.0876 e. The lowest BCUT2D eigenvalue weighted by atomic mass is 9.84. The SMILES string of the molecule is CCNC(CC(C)(C)C)C1=COCCC1. The third-order valence-electron chi connectivity index (χ3n) is 2.68. The first kappa shape index (κ1) is 12.6. The van der Waals surface area contributed by atoms with Crippen LogP contribution in [0.15, 0.2) is 11.8 Å². The van der Waals surface area contributed by atoms with Crippen molar-refractivity contribution in [2.75, 3.05) is 13.2 Å². The van der Waals surface area contributed by atoms with Crippen molar-refractivity contribution in [3.8, 4) is 0 Å². The van der Waals surface area contributed by atoms with Gasteiger partial charge in [0.2, 0.25) is 0 Å². The largest absolute Gasteiger partial charge is 0.501 e. The van der Waals surface area contributed by atoms with Crippen LogP contribution in [0.4, 0.5) is 0 Å². The average molecular weight is 211 g/mol. The Morgan fingerprint density at radius 1 is 1.47 bits per heavy atom. The molecule has 0 radical (unpaired) electrons. The van der Waals surface area contributed by atoms with E-state index in [2.05, 4.69) is 33.0 Å². The number of hydrogen-bond donors (Lipinski definition) is 1. The molecule has 0 saturated heterocycles. The van der Waals surface area contributed by atoms with Crippen molar-refractivity contribution < 1.29 is 4.74 Å². The standard InChI is InChI=1S/C13H25NO/c1-5-14-12(9-13(2,3)4)11-7-6-8-15-10-11/h10,12,14H,5-9H2,1-4H3. The predicted octanol–water partition coefficient (Wildman–Crippen LogP) is 3.10. The number of ether oxygens (including phenoxy) is 1. The second-order valence-electron chi connectivity index (χ2n) is 5.54. The van der Waals surface area contributed by atoms with Gasteiger partial charge in [0.25, 0.3) is 0 Å². The Balaban J connectivity index is 2.60. The zero-order valence-corrected chi connectivity index (χ0v) is 10.6. The number of hydrogen-bond acceptors (Lipinski definition) is 2. The van der Waals surface area contributed by atoms with Crippen LogP contribution in [0.3, 0.4) is 0 Å². The lowest BCUT2D eigenvalue weighted by Gasteiger charge is -2.29. The molecule has 0 saturated carbocycles. The van der Waals surface area contributed by atoms with Gasteiger partial charge in [0.1, 0.15) is 0 Å². The molecule has 0 bridgehead atoms. The minimum Gasteiger partial charge on any atom is -0.501 e. The fourth-order valence-corrected chi connectivity index (χ4v) is 2.03. The Labute approximate surface area is 94.1 Å². The van der Waals surface area contributed by atoms with Gasteiger partial charge >= 0.3 is 0 Å². The summed E-state index contributed by atoms with van der Waals surface area (Å²) in [6, 6.07) is 0.496. The van der Waals surface area contributed by atoms with Crippen LogP contribution in [0.5, 0.6) is 0 Å². The lowest BCUT2D eigenvalue weighted by molar-refractivity contribution is 0.214. The highest BCUT2D eigenvalue weighted by molar-refractivity contribution is 5.10. The van der Waals surface area contributed by atoms with Gasteiger partial charge in [-0.05, 0) is 36.8 Å². The van der Waals surface area contributed by atoms with Crippen LogP contribution in [-0.4, -0.2) is 19.2 Å². The topological polar surface area (TPSA) is 21.3 Å². The number of rotatable bonds is 4. The first-order valence-corrected chi connectivity index (χ1v) is 6.07. The summed E-state index contributed by atoms with van der Waals surface area (Å²) in [5, 5.41) is 3.56. The molecule has 0 aliphatic carbocycles. The zero-order chi connectivity index (χ0) is 11.3. The van der Waals surface area contributed by atoms with Gasteiger partial charge in [-0.25, -0.2) is 0 Å². The van der Waals surface area contributed by atoms with Gasteiger partial charge in [0.05, 0.1) is 12.9 Å². The molecule has 1 unspecified atom stereocenters. The second-order valence-corrected chi connectivity index (χ2v) is 5.54. The van der Waals surface area contributed by atoms with Crippen LogP contribution >= 0.6 is 0 Å². The normalized spacial score (nSPS) is 19.3. The molecule has 0 aromatic heterocycles. The Morgan fingerprint density at radius 2 is 2.20 bits per heavy atom. The highest BCUT2D eigenvalue weighted by Crippen LogP contribution is 2.27. The maximum absolute atomic E-state index is 5.42. The third-order valence-corrected chi connectivity index (χ3v) is 2.68. The average Bonchev–Trinajstić information content (AvgIpc) is 2.17. The molecule has 1 aliphatic heterocycles. The van der Waals surface area contributed by atoms with Gasteiger partial charge in [-0.3, -0.25) is 0 Å². The maximum atomic E-state index is 5.42. The molecular weight excluding hydrogens is 186 g/mol. The van der Waals surface area contributed by atoms with E-state index in [9.17, 15) is 0 Å². The van der Waals surface area contributed by atoms with Crippen LogP contribution in [0.1, 0.15) is 47.0 Å². The summed E-state index contributed by atoms with van der Waals surface area (Å²) < 4.78 is 5.42. The monoisotopic (exact) mass is 211 g/mol. The molecule has 0 amide bonds. The summed E-state index contributed by atoms with van der Waals surface area (Å²) in [6.45, 7) is 11.0. The van der Waals surface area contributed by atoms with Gasteiger partial charge in [-0.1, -0.05) is 27.7 Å². The van der Waals surface area contributed by atoms with Gasteiger partial charge in [-0.2, -0.15) is 0 Å². The summed E-state index contributed by atoms with van der Waals surface area (Å²) >= 11 is 0. The quantitative estimate of drug-likeness (QED) is 0.771. The predicted molar refractivity (Wildman–Crippen MR) is 64.8 cm³/mol. The summed E-state index contributed by atoms with van der Waals surface area (Å²) in [7, 11) is 0. The molecule has 1 aliphatic rings. The lowest BCUT2D eigenvalue weighted by Crippen LogP contribution is -2.35. The molecule has 2 nitrogen and oxygen atoms in total. The van der Waals surface area contributed by atoms with Crippen LogP contribution in [0.25, 0.3) is 0 Å². The first-order valence-electron chi connectivity index (χ1n) is 6.07. The Kier molecular flexibility index (Phi) is 4.65. The minimum absolute atomic E-state index is 0.366. The number of nitrogens with one attached hydrogen (secondary N) is 1. The van der Waals surface area contributed by atoms with E-state index in [1.54, 1.807) is 0 Å². The molecule has 1 atom stereocenters. The molecule has 1 N–H and O–H groups in total. The molecule has 15 heavy (non-hydrogen) atoms. The fourth-order valence-electron chi connectivity index (χ4n) is 2.03. The Bertz CT molecular complexity index is 215. The second kappa shape index (κ2) is 5.55. The van der Waals surface area contributed by atoms with Crippen molar-refractivity contribution in [3.05, 3.63) is 11.8 Å². The van der Waals surface area contributed by atoms with E-state index in [-0.39, 0.29) is 0 Å². The molecule has 0 aromatic rings. The van der Waals surface area contributed by atoms with Crippen LogP contribution in [-0.2, 0) is 4.74 Å². The highest BCUT2D eigenvalue weighted by atomic mass is 16.5. The van der Waals surface area contributed by atoms with Crippen LogP contribution in [0.2, 0.25) is 0 Å². The van der Waals surface area contributed by atoms with Crippen molar-refractivity contribution in [2.45, 2.75) is 53.0 Å². The zero-order valence-electron chi connectivity index (χ0n) is 10.6. The third kappa shape index (κ3) is 4.70. The van der Waals surface area contributed by atoms with Gasteiger partial charge in [-0.15, -0.1) is 0 Å². The molecule has 1 heterocycles. The molecule has 88 valence electrons. The number of likely N-dealkylation sites (N-methyl/N-ethyl adjacent to an activating group) is 1. The van der Waals surface area contributed by atoms with E-state index < -0.39 is 0 Å². The molecule has 0 spiro atoms. The van der Waals surface area contributed by atoms with Crippen molar-refractivity contribution in [1.82, 2.24) is 5.32 Å². The summed E-state index contributed by atoms with van der Waals surface area (Å²) in [4.78, 5) is 0. The van der Waals surface area contributed by atoms with Crippen molar-refractivity contribution in [2.24, 2.45) is 5.41 Å². The van der Waals surface area contributed by atoms with Crippen molar-refractivity contribution in [3.63, 3.8) is 0 Å². The minimum atomic E-state index is 0.366. The van der Waals surface area contributed by atoms with E-state index in [4.69, 9.17) is 4.74 Å². The van der Waals surface area contributed by atoms with Gasteiger partial charge in [0.15, 0.2) is 0 Å². The summed E-state index contributed by atoms with van der Waals surface area (Å²) in [5.74, 6) is 0. The van der Waals surface area contributed by atoms with Gasteiger partial charge < -0.3 is 10.1 Å². The fraction of sp³-hybridized carbons (Fsp3) is 0.846. The molecular formula is C13H25NO. The molecule has 2 heteroatoms.